The number of nitrogens with one attached hydrogen (secondary N) is 2. The fraction of sp³-hybridized carbons (Fsp3) is 0.667. The van der Waals surface area contributed by atoms with Gasteiger partial charge in [-0.25, -0.2) is 4.98 Å². The van der Waals surface area contributed by atoms with E-state index < -0.39 is 0 Å². The zero-order valence-corrected chi connectivity index (χ0v) is 10.9. The molecule has 0 saturated heterocycles. The van der Waals surface area contributed by atoms with Crippen LogP contribution in [0.2, 0.25) is 0 Å². The Balaban J connectivity index is 2.82. The van der Waals surface area contributed by atoms with Crippen LogP contribution < -0.4 is 10.6 Å². The van der Waals surface area contributed by atoms with Crippen LogP contribution in [0.1, 0.15) is 39.7 Å². The van der Waals surface area contributed by atoms with Crippen LogP contribution in [-0.2, 0) is 0 Å². The summed E-state index contributed by atoms with van der Waals surface area (Å²) in [6.07, 6.45) is 2.92. The molecule has 4 heteroatoms. The van der Waals surface area contributed by atoms with E-state index in [-0.39, 0.29) is 5.54 Å². The minimum atomic E-state index is 0.0150. The van der Waals surface area contributed by atoms with E-state index in [0.717, 1.165) is 24.3 Å². The molecular weight excluding hydrogens is 200 g/mol. The quantitative estimate of drug-likeness (QED) is 0.822. The zero-order valence-electron chi connectivity index (χ0n) is 10.9. The lowest BCUT2D eigenvalue weighted by molar-refractivity contribution is 0.629. The van der Waals surface area contributed by atoms with Gasteiger partial charge in [0.15, 0.2) is 0 Å². The Morgan fingerprint density at radius 3 is 2.56 bits per heavy atom. The number of aromatic nitrogens is 2. The lowest BCUT2D eigenvalue weighted by Gasteiger charge is -2.22. The SMILES string of the molecule is CCCNc1ncc(C)c(NC(C)(C)C)n1. The minimum Gasteiger partial charge on any atom is -0.365 e. The smallest absolute Gasteiger partial charge is 0.224 e. The molecule has 1 aromatic heterocycles. The van der Waals surface area contributed by atoms with Gasteiger partial charge in [0.1, 0.15) is 5.82 Å². The van der Waals surface area contributed by atoms with E-state index in [1.54, 1.807) is 0 Å². The molecule has 0 spiro atoms. The number of hydrogen-bond acceptors (Lipinski definition) is 4. The predicted molar refractivity (Wildman–Crippen MR) is 68.9 cm³/mol. The van der Waals surface area contributed by atoms with Gasteiger partial charge < -0.3 is 10.6 Å². The summed E-state index contributed by atoms with van der Waals surface area (Å²) in [6, 6.07) is 0. The molecule has 90 valence electrons. The van der Waals surface area contributed by atoms with Crippen LogP contribution in [0.3, 0.4) is 0 Å². The molecule has 0 radical (unpaired) electrons. The normalized spacial score (nSPS) is 11.3. The van der Waals surface area contributed by atoms with Gasteiger partial charge >= 0.3 is 0 Å². The summed E-state index contributed by atoms with van der Waals surface area (Å²) in [5.41, 5.74) is 1.08. The van der Waals surface area contributed by atoms with Crippen molar-refractivity contribution in [2.24, 2.45) is 0 Å². The second-order valence-corrected chi connectivity index (χ2v) is 5.03. The van der Waals surface area contributed by atoms with Crippen LogP contribution in [0.15, 0.2) is 6.20 Å². The molecule has 0 saturated carbocycles. The average molecular weight is 222 g/mol. The van der Waals surface area contributed by atoms with E-state index >= 15 is 0 Å². The monoisotopic (exact) mass is 222 g/mol. The summed E-state index contributed by atoms with van der Waals surface area (Å²) in [5.74, 6) is 1.60. The number of aryl methyl sites for hydroxylation is 1. The van der Waals surface area contributed by atoms with Gasteiger partial charge in [0.05, 0.1) is 0 Å². The third-order valence-electron chi connectivity index (χ3n) is 2.00. The molecule has 1 heterocycles. The molecule has 1 rings (SSSR count). The van der Waals surface area contributed by atoms with Gasteiger partial charge in [-0.05, 0) is 34.1 Å². The Kier molecular flexibility index (Phi) is 4.10. The Morgan fingerprint density at radius 2 is 2.00 bits per heavy atom. The maximum atomic E-state index is 4.46. The van der Waals surface area contributed by atoms with E-state index in [1.165, 1.54) is 0 Å². The van der Waals surface area contributed by atoms with Crippen molar-refractivity contribution in [2.75, 3.05) is 17.2 Å². The summed E-state index contributed by atoms with van der Waals surface area (Å²) in [4.78, 5) is 8.71. The molecule has 0 aliphatic heterocycles. The van der Waals surface area contributed by atoms with Crippen molar-refractivity contribution in [3.63, 3.8) is 0 Å². The summed E-state index contributed by atoms with van der Waals surface area (Å²) in [5, 5.41) is 6.56. The van der Waals surface area contributed by atoms with Crippen LogP contribution >= 0.6 is 0 Å². The summed E-state index contributed by atoms with van der Waals surface area (Å²) in [7, 11) is 0. The third kappa shape index (κ3) is 4.04. The van der Waals surface area contributed by atoms with Gasteiger partial charge in [-0.3, -0.25) is 0 Å². The van der Waals surface area contributed by atoms with E-state index in [9.17, 15) is 0 Å². The summed E-state index contributed by atoms with van der Waals surface area (Å²) >= 11 is 0. The van der Waals surface area contributed by atoms with Crippen molar-refractivity contribution in [3.8, 4) is 0 Å². The first-order valence-electron chi connectivity index (χ1n) is 5.78. The largest absolute Gasteiger partial charge is 0.365 e. The number of rotatable bonds is 4. The first-order valence-corrected chi connectivity index (χ1v) is 5.78. The highest BCUT2D eigenvalue weighted by molar-refractivity contribution is 5.47. The molecule has 0 fully saturated rings. The lowest BCUT2D eigenvalue weighted by Crippen LogP contribution is -2.27. The second-order valence-electron chi connectivity index (χ2n) is 5.03. The Morgan fingerprint density at radius 1 is 1.31 bits per heavy atom. The van der Waals surface area contributed by atoms with Gasteiger partial charge in [-0.15, -0.1) is 0 Å². The predicted octanol–water partition coefficient (Wildman–Crippen LogP) is 2.82. The minimum absolute atomic E-state index is 0.0150. The molecule has 16 heavy (non-hydrogen) atoms. The Labute approximate surface area is 97.9 Å². The average Bonchev–Trinajstić information content (AvgIpc) is 2.17. The van der Waals surface area contributed by atoms with Crippen molar-refractivity contribution >= 4 is 11.8 Å². The topological polar surface area (TPSA) is 49.8 Å². The van der Waals surface area contributed by atoms with Gasteiger partial charge in [0, 0.05) is 23.8 Å². The molecular formula is C12H22N4. The molecule has 0 unspecified atom stereocenters. The molecule has 0 aromatic carbocycles. The highest BCUT2D eigenvalue weighted by Crippen LogP contribution is 2.17. The van der Waals surface area contributed by atoms with Gasteiger partial charge in [-0.2, -0.15) is 4.98 Å². The van der Waals surface area contributed by atoms with Crippen LogP contribution in [0.4, 0.5) is 11.8 Å². The van der Waals surface area contributed by atoms with Crippen molar-refractivity contribution in [1.82, 2.24) is 9.97 Å². The number of nitrogens with zero attached hydrogens (tertiary/aromatic N) is 2. The third-order valence-corrected chi connectivity index (χ3v) is 2.00. The van der Waals surface area contributed by atoms with E-state index in [2.05, 4.69) is 48.3 Å². The van der Waals surface area contributed by atoms with Crippen LogP contribution in [0.25, 0.3) is 0 Å². The second kappa shape index (κ2) is 5.14. The van der Waals surface area contributed by atoms with Crippen molar-refractivity contribution < 1.29 is 0 Å². The molecule has 1 aromatic rings. The molecule has 0 bridgehead atoms. The van der Waals surface area contributed by atoms with Crippen molar-refractivity contribution in [3.05, 3.63) is 11.8 Å². The highest BCUT2D eigenvalue weighted by Gasteiger charge is 2.12. The molecule has 0 atom stereocenters. The standard InChI is InChI=1S/C12H22N4/c1-6-7-13-11-14-8-9(2)10(15-11)16-12(3,4)5/h8H,6-7H2,1-5H3,(H2,13,14,15,16). The highest BCUT2D eigenvalue weighted by atomic mass is 15.2. The lowest BCUT2D eigenvalue weighted by atomic mass is 10.1. The zero-order chi connectivity index (χ0) is 12.2. The van der Waals surface area contributed by atoms with Crippen molar-refractivity contribution in [1.29, 1.82) is 0 Å². The van der Waals surface area contributed by atoms with E-state index in [4.69, 9.17) is 0 Å². The van der Waals surface area contributed by atoms with Gasteiger partial charge in [-0.1, -0.05) is 6.92 Å². The molecule has 2 N–H and O–H groups in total. The van der Waals surface area contributed by atoms with Gasteiger partial charge in [0.25, 0.3) is 0 Å². The fourth-order valence-corrected chi connectivity index (χ4v) is 1.25. The Hall–Kier alpha value is -1.32. The Bertz CT molecular complexity index is 341. The van der Waals surface area contributed by atoms with Crippen molar-refractivity contribution in [2.45, 2.75) is 46.6 Å². The summed E-state index contributed by atoms with van der Waals surface area (Å²) in [6.45, 7) is 11.4. The number of anilines is 2. The van der Waals surface area contributed by atoms with Crippen LogP contribution in [-0.4, -0.2) is 22.1 Å². The first kappa shape index (κ1) is 12.7. The fourth-order valence-electron chi connectivity index (χ4n) is 1.25. The molecule has 0 aliphatic carbocycles. The van der Waals surface area contributed by atoms with Crippen LogP contribution in [0, 0.1) is 6.92 Å². The first-order chi connectivity index (χ1) is 7.42. The van der Waals surface area contributed by atoms with E-state index in [0.29, 0.717) is 5.95 Å². The summed E-state index contributed by atoms with van der Waals surface area (Å²) < 4.78 is 0. The number of hydrogen-bond donors (Lipinski definition) is 2. The molecule has 0 amide bonds. The van der Waals surface area contributed by atoms with Crippen LogP contribution in [0.5, 0.6) is 0 Å². The maximum Gasteiger partial charge on any atom is 0.224 e. The van der Waals surface area contributed by atoms with E-state index in [1.807, 2.05) is 13.1 Å². The molecule has 4 nitrogen and oxygen atoms in total. The molecule has 0 aliphatic rings. The van der Waals surface area contributed by atoms with Gasteiger partial charge in [0.2, 0.25) is 5.95 Å². The maximum absolute atomic E-state index is 4.46.